The molecule has 0 fully saturated rings. The molecular weight excluding hydrogens is 379 g/mol. The number of methoxy groups -OCH3 is 1. The Hall–Kier alpha value is -3.43. The van der Waals surface area contributed by atoms with Gasteiger partial charge in [-0.1, -0.05) is 6.07 Å². The monoisotopic (exact) mass is 393 g/mol. The minimum atomic E-state index is -4.80. The van der Waals surface area contributed by atoms with Crippen LogP contribution >= 0.6 is 0 Å². The fourth-order valence-corrected chi connectivity index (χ4v) is 2.93. The fourth-order valence-electron chi connectivity index (χ4n) is 2.93. The van der Waals surface area contributed by atoms with E-state index in [9.17, 15) is 18.0 Å². The predicted molar refractivity (Wildman–Crippen MR) is 90.5 cm³/mol. The highest BCUT2D eigenvalue weighted by Gasteiger charge is 2.40. The number of hydrogen-bond donors (Lipinski definition) is 1. The van der Waals surface area contributed by atoms with Crippen molar-refractivity contribution in [2.75, 3.05) is 13.9 Å². The lowest BCUT2D eigenvalue weighted by molar-refractivity contribution is -0.141. The van der Waals surface area contributed by atoms with Crippen molar-refractivity contribution < 1.29 is 32.2 Å². The van der Waals surface area contributed by atoms with Crippen molar-refractivity contribution in [3.63, 3.8) is 0 Å². The molecule has 1 amide bonds. The number of fused-ring (bicyclic) bond motifs is 2. The number of nitrogens with one attached hydrogen (secondary N) is 1. The maximum Gasteiger partial charge on any atom is 0.435 e. The van der Waals surface area contributed by atoms with Crippen LogP contribution in [0.5, 0.6) is 17.2 Å². The third-order valence-corrected chi connectivity index (χ3v) is 4.21. The van der Waals surface area contributed by atoms with E-state index in [1.807, 2.05) is 0 Å². The molecule has 0 aliphatic carbocycles. The van der Waals surface area contributed by atoms with Gasteiger partial charge >= 0.3 is 6.18 Å². The number of rotatable bonds is 4. The topological polar surface area (TPSA) is 74.1 Å². The van der Waals surface area contributed by atoms with Crippen LogP contribution in [0, 0.1) is 0 Å². The van der Waals surface area contributed by atoms with Crippen molar-refractivity contribution in [3.05, 3.63) is 53.5 Å². The van der Waals surface area contributed by atoms with Crippen LogP contribution in [0.3, 0.4) is 0 Å². The Bertz CT molecular complexity index is 1060. The summed E-state index contributed by atoms with van der Waals surface area (Å²) in [7, 11) is 1.32. The predicted octanol–water partition coefficient (Wildman–Crippen LogP) is 3.02. The molecule has 0 saturated carbocycles. The van der Waals surface area contributed by atoms with Crippen LogP contribution in [0.25, 0.3) is 5.65 Å². The normalized spacial score (nSPS) is 13.0. The second kappa shape index (κ2) is 6.63. The van der Waals surface area contributed by atoms with E-state index in [0.29, 0.717) is 17.1 Å². The van der Waals surface area contributed by atoms with Crippen molar-refractivity contribution in [2.24, 2.45) is 0 Å². The Balaban J connectivity index is 1.66. The number of benzene rings is 1. The Kier molecular flexibility index (Phi) is 4.25. The number of halogens is 3. The number of imidazole rings is 1. The summed E-state index contributed by atoms with van der Waals surface area (Å²) in [6.07, 6.45) is -3.47. The maximum atomic E-state index is 13.5. The minimum absolute atomic E-state index is 0.00394. The van der Waals surface area contributed by atoms with E-state index in [-0.39, 0.29) is 24.7 Å². The average Bonchev–Trinajstić information content (AvgIpc) is 3.29. The molecule has 1 aliphatic rings. The molecule has 1 N–H and O–H groups in total. The molecule has 1 aliphatic heterocycles. The third-order valence-electron chi connectivity index (χ3n) is 4.21. The molecule has 146 valence electrons. The van der Waals surface area contributed by atoms with Gasteiger partial charge in [0.2, 0.25) is 6.79 Å². The van der Waals surface area contributed by atoms with Gasteiger partial charge in [0.25, 0.3) is 5.91 Å². The summed E-state index contributed by atoms with van der Waals surface area (Å²) >= 11 is 0. The van der Waals surface area contributed by atoms with Crippen LogP contribution in [0.2, 0.25) is 0 Å². The number of alkyl halides is 3. The molecule has 4 rings (SSSR count). The first-order chi connectivity index (χ1) is 13.4. The van der Waals surface area contributed by atoms with Crippen LogP contribution in [0.4, 0.5) is 13.2 Å². The summed E-state index contributed by atoms with van der Waals surface area (Å²) in [6.45, 7) is 0.105. The van der Waals surface area contributed by atoms with Crippen molar-refractivity contribution in [1.29, 1.82) is 0 Å². The first-order valence-corrected chi connectivity index (χ1v) is 8.17. The largest absolute Gasteiger partial charge is 0.493 e. The number of carbonyl (C=O) groups is 1. The summed E-state index contributed by atoms with van der Waals surface area (Å²) in [4.78, 5) is 16.2. The molecule has 3 heterocycles. The molecule has 0 saturated heterocycles. The molecule has 1 aromatic carbocycles. The van der Waals surface area contributed by atoms with Gasteiger partial charge in [-0.3, -0.25) is 9.20 Å². The summed E-state index contributed by atoms with van der Waals surface area (Å²) in [5, 5.41) is 2.50. The van der Waals surface area contributed by atoms with Crippen LogP contribution in [0.15, 0.2) is 36.5 Å². The zero-order chi connectivity index (χ0) is 19.9. The molecule has 0 bridgehead atoms. The van der Waals surface area contributed by atoms with Gasteiger partial charge in [-0.15, -0.1) is 0 Å². The van der Waals surface area contributed by atoms with Gasteiger partial charge in [0.15, 0.2) is 28.6 Å². The molecule has 2 aromatic heterocycles. The summed E-state index contributed by atoms with van der Waals surface area (Å²) in [5.74, 6) is 0.305. The lowest BCUT2D eigenvalue weighted by atomic mass is 10.2. The number of carbonyl (C=O) groups excluding carboxylic acids is 1. The SMILES string of the molecule is COc1cccn2c(C(=O)NCc3ccc4c(c3)OCO4)c(C(F)(F)F)nc12. The Morgan fingerprint density at radius 3 is 2.82 bits per heavy atom. The van der Waals surface area contributed by atoms with E-state index in [0.717, 1.165) is 4.40 Å². The lowest BCUT2D eigenvalue weighted by Gasteiger charge is -2.09. The summed E-state index contributed by atoms with van der Waals surface area (Å²) < 4.78 is 57.0. The molecule has 7 nitrogen and oxygen atoms in total. The fraction of sp³-hybridized carbons (Fsp3) is 0.222. The Morgan fingerprint density at radius 1 is 1.29 bits per heavy atom. The van der Waals surface area contributed by atoms with E-state index in [4.69, 9.17) is 14.2 Å². The van der Waals surface area contributed by atoms with E-state index in [1.165, 1.54) is 25.4 Å². The van der Waals surface area contributed by atoms with E-state index >= 15 is 0 Å². The molecule has 0 radical (unpaired) electrons. The van der Waals surface area contributed by atoms with Crippen molar-refractivity contribution in [3.8, 4) is 17.2 Å². The molecule has 0 unspecified atom stereocenters. The van der Waals surface area contributed by atoms with Gasteiger partial charge in [0.1, 0.15) is 5.69 Å². The van der Waals surface area contributed by atoms with Gasteiger partial charge in [-0.05, 0) is 29.8 Å². The second-order valence-electron chi connectivity index (χ2n) is 5.95. The standard InChI is InChI=1S/C18H14F3N3O4/c1-26-12-3-2-6-24-14(15(18(19,20)21)23-16(12)24)17(25)22-8-10-4-5-11-13(7-10)28-9-27-11/h2-7H,8-9H2,1H3,(H,22,25). The average molecular weight is 393 g/mol. The van der Waals surface area contributed by atoms with Gasteiger partial charge < -0.3 is 19.5 Å². The number of hydrogen-bond acceptors (Lipinski definition) is 5. The minimum Gasteiger partial charge on any atom is -0.493 e. The maximum absolute atomic E-state index is 13.5. The van der Waals surface area contributed by atoms with E-state index < -0.39 is 23.5 Å². The zero-order valence-corrected chi connectivity index (χ0v) is 14.5. The van der Waals surface area contributed by atoms with Gasteiger partial charge in [0.05, 0.1) is 7.11 Å². The smallest absolute Gasteiger partial charge is 0.435 e. The molecule has 3 aromatic rings. The number of nitrogens with zero attached hydrogens (tertiary/aromatic N) is 2. The number of aromatic nitrogens is 2. The van der Waals surface area contributed by atoms with Crippen molar-refractivity contribution >= 4 is 11.6 Å². The third kappa shape index (κ3) is 3.06. The molecule has 0 spiro atoms. The summed E-state index contributed by atoms with van der Waals surface area (Å²) in [6, 6.07) is 7.96. The first-order valence-electron chi connectivity index (χ1n) is 8.17. The van der Waals surface area contributed by atoms with Crippen LogP contribution in [-0.2, 0) is 12.7 Å². The Morgan fingerprint density at radius 2 is 2.07 bits per heavy atom. The number of amides is 1. The molecule has 10 heteroatoms. The molecular formula is C18H14F3N3O4. The quantitative estimate of drug-likeness (QED) is 0.738. The zero-order valence-electron chi connectivity index (χ0n) is 14.5. The molecule has 28 heavy (non-hydrogen) atoms. The molecule has 0 atom stereocenters. The first kappa shape index (κ1) is 18.0. The highest BCUT2D eigenvalue weighted by molar-refractivity contribution is 5.95. The van der Waals surface area contributed by atoms with Crippen LogP contribution in [0.1, 0.15) is 21.7 Å². The highest BCUT2D eigenvalue weighted by atomic mass is 19.4. The lowest BCUT2D eigenvalue weighted by Crippen LogP contribution is -2.27. The number of pyridine rings is 1. The van der Waals surface area contributed by atoms with Crippen LogP contribution in [-0.4, -0.2) is 29.2 Å². The second-order valence-corrected chi connectivity index (χ2v) is 5.95. The van der Waals surface area contributed by atoms with E-state index in [1.54, 1.807) is 18.2 Å². The van der Waals surface area contributed by atoms with E-state index in [2.05, 4.69) is 10.3 Å². The van der Waals surface area contributed by atoms with Crippen molar-refractivity contribution in [1.82, 2.24) is 14.7 Å². The van der Waals surface area contributed by atoms with Crippen LogP contribution < -0.4 is 19.5 Å². The van der Waals surface area contributed by atoms with Gasteiger partial charge in [-0.2, -0.15) is 13.2 Å². The number of ether oxygens (including phenoxy) is 3. The van der Waals surface area contributed by atoms with Gasteiger partial charge in [0, 0.05) is 12.7 Å². The summed E-state index contributed by atoms with van der Waals surface area (Å²) in [5.41, 5.74) is -1.33. The van der Waals surface area contributed by atoms with Crippen molar-refractivity contribution in [2.45, 2.75) is 12.7 Å². The Labute approximate surface area is 156 Å². The highest BCUT2D eigenvalue weighted by Crippen LogP contribution is 2.34. The van der Waals surface area contributed by atoms with Gasteiger partial charge in [-0.25, -0.2) is 4.98 Å².